The molecule has 0 bridgehead atoms. The second-order valence-electron chi connectivity index (χ2n) is 6.14. The number of aromatic amines is 1. The number of phenolic OH excluding ortho intramolecular Hbond substituents is 1. The van der Waals surface area contributed by atoms with E-state index in [0.29, 0.717) is 5.02 Å². The number of hydrazone groups is 1. The molecule has 0 saturated heterocycles. The molecule has 0 aliphatic rings. The average Bonchev–Trinajstić information content (AvgIpc) is 2.71. The fourth-order valence-electron chi connectivity index (χ4n) is 2.77. The van der Waals surface area contributed by atoms with Crippen LogP contribution >= 0.6 is 11.6 Å². The van der Waals surface area contributed by atoms with Gasteiger partial charge in [0, 0.05) is 5.02 Å². The summed E-state index contributed by atoms with van der Waals surface area (Å²) in [6.07, 6.45) is 0.149. The van der Waals surface area contributed by atoms with Crippen molar-refractivity contribution in [2.24, 2.45) is 5.10 Å². The molecule has 0 atom stereocenters. The van der Waals surface area contributed by atoms with Crippen molar-refractivity contribution in [2.45, 2.75) is 13.3 Å². The summed E-state index contributed by atoms with van der Waals surface area (Å²) < 4.78 is 0.892. The maximum Gasteiger partial charge on any atom is 0.335 e. The van der Waals surface area contributed by atoms with Crippen LogP contribution in [-0.2, 0) is 0 Å². The minimum Gasteiger partial charge on any atom is -0.507 e. The number of hydrogen-bond acceptors (Lipinski definition) is 6. The van der Waals surface area contributed by atoms with E-state index in [9.17, 15) is 24.6 Å². The Labute approximate surface area is 174 Å². The lowest BCUT2D eigenvalue weighted by molar-refractivity contribution is 0.0952. The Bertz CT molecular complexity index is 1250. The van der Waals surface area contributed by atoms with Gasteiger partial charge in [-0.2, -0.15) is 5.10 Å². The van der Waals surface area contributed by atoms with E-state index in [1.807, 2.05) is 0 Å². The van der Waals surface area contributed by atoms with Crippen molar-refractivity contribution >= 4 is 23.2 Å². The van der Waals surface area contributed by atoms with Crippen LogP contribution in [0.4, 0.5) is 0 Å². The highest BCUT2D eigenvalue weighted by atomic mass is 35.5. The van der Waals surface area contributed by atoms with Gasteiger partial charge in [0.2, 0.25) is 5.88 Å². The molecular formula is C20H17ClN4O5. The lowest BCUT2D eigenvalue weighted by Gasteiger charge is -2.12. The maximum atomic E-state index is 12.4. The molecule has 1 amide bonds. The van der Waals surface area contributed by atoms with Crippen LogP contribution in [0.3, 0.4) is 0 Å². The van der Waals surface area contributed by atoms with Crippen LogP contribution in [0.15, 0.2) is 63.2 Å². The Morgan fingerprint density at radius 1 is 1.13 bits per heavy atom. The number of H-pyrrole nitrogens is 1. The van der Waals surface area contributed by atoms with Gasteiger partial charge < -0.3 is 10.2 Å². The molecule has 4 N–H and O–H groups in total. The molecule has 10 heteroatoms. The number of benzene rings is 2. The van der Waals surface area contributed by atoms with E-state index >= 15 is 0 Å². The van der Waals surface area contributed by atoms with Crippen molar-refractivity contribution in [1.82, 2.24) is 15.0 Å². The molecule has 1 heterocycles. The van der Waals surface area contributed by atoms with Gasteiger partial charge in [-0.3, -0.25) is 14.6 Å². The highest BCUT2D eigenvalue weighted by Gasteiger charge is 2.20. The largest absolute Gasteiger partial charge is 0.507 e. The summed E-state index contributed by atoms with van der Waals surface area (Å²) >= 11 is 5.86. The van der Waals surface area contributed by atoms with Crippen molar-refractivity contribution in [2.75, 3.05) is 0 Å². The average molecular weight is 429 g/mol. The zero-order valence-corrected chi connectivity index (χ0v) is 16.5. The lowest BCUT2D eigenvalue weighted by atomic mass is 10.1. The van der Waals surface area contributed by atoms with Gasteiger partial charge in [-0.1, -0.05) is 30.7 Å². The van der Waals surface area contributed by atoms with Gasteiger partial charge >= 0.3 is 5.69 Å². The molecule has 2 aromatic carbocycles. The number of hydrogen-bond donors (Lipinski definition) is 4. The summed E-state index contributed by atoms with van der Waals surface area (Å²) in [6.45, 7) is 1.65. The quantitative estimate of drug-likeness (QED) is 0.364. The number of aromatic hydroxyl groups is 2. The van der Waals surface area contributed by atoms with Crippen molar-refractivity contribution in [1.29, 1.82) is 0 Å². The molecule has 0 aliphatic carbocycles. The third kappa shape index (κ3) is 4.11. The number of amides is 1. The number of carbonyl (C=O) groups is 1. The summed E-state index contributed by atoms with van der Waals surface area (Å²) in [5.74, 6) is -1.58. The number of nitrogens with one attached hydrogen (secondary N) is 2. The summed E-state index contributed by atoms with van der Waals surface area (Å²) in [5, 5.41) is 24.8. The first kappa shape index (κ1) is 20.9. The second-order valence-corrected chi connectivity index (χ2v) is 6.58. The molecule has 0 aliphatic heterocycles. The molecule has 154 valence electrons. The van der Waals surface area contributed by atoms with E-state index in [1.165, 1.54) is 36.4 Å². The number of phenols is 1. The van der Waals surface area contributed by atoms with Crippen LogP contribution in [0.1, 0.15) is 29.3 Å². The highest BCUT2D eigenvalue weighted by molar-refractivity contribution is 6.30. The van der Waals surface area contributed by atoms with Gasteiger partial charge in [0.15, 0.2) is 0 Å². The second kappa shape index (κ2) is 8.66. The molecule has 1 aromatic heterocycles. The highest BCUT2D eigenvalue weighted by Crippen LogP contribution is 2.20. The Morgan fingerprint density at radius 2 is 1.80 bits per heavy atom. The van der Waals surface area contributed by atoms with Gasteiger partial charge in [0.05, 0.1) is 17.0 Å². The fraction of sp³-hybridized carbons (Fsp3) is 0.100. The molecule has 0 saturated carbocycles. The number of carbonyl (C=O) groups excluding carboxylic acids is 1. The van der Waals surface area contributed by atoms with E-state index in [1.54, 1.807) is 19.1 Å². The molecule has 0 fully saturated rings. The number of rotatable bonds is 5. The van der Waals surface area contributed by atoms with Crippen LogP contribution in [-0.4, -0.2) is 31.4 Å². The fourth-order valence-corrected chi connectivity index (χ4v) is 2.90. The molecule has 0 spiro atoms. The lowest BCUT2D eigenvalue weighted by Crippen LogP contribution is -2.34. The molecule has 0 radical (unpaired) electrons. The van der Waals surface area contributed by atoms with Gasteiger partial charge in [0.25, 0.3) is 11.5 Å². The van der Waals surface area contributed by atoms with E-state index in [2.05, 4.69) is 15.5 Å². The molecule has 0 unspecified atom stereocenters. The van der Waals surface area contributed by atoms with Crippen LogP contribution in [0.5, 0.6) is 11.6 Å². The Kier molecular flexibility index (Phi) is 6.03. The van der Waals surface area contributed by atoms with Crippen molar-refractivity contribution in [3.8, 4) is 17.3 Å². The molecule has 3 aromatic rings. The summed E-state index contributed by atoms with van der Waals surface area (Å²) in [4.78, 5) is 39.1. The predicted octanol–water partition coefficient (Wildman–Crippen LogP) is 2.13. The maximum absolute atomic E-state index is 12.4. The van der Waals surface area contributed by atoms with Crippen LogP contribution in [0.25, 0.3) is 5.69 Å². The van der Waals surface area contributed by atoms with E-state index in [4.69, 9.17) is 11.6 Å². The monoisotopic (exact) mass is 428 g/mol. The predicted molar refractivity (Wildman–Crippen MR) is 112 cm³/mol. The SMILES string of the molecule is CC/C(=N\NC(=O)c1ccccc1O)c1c(O)n(-c2ccc(Cl)cc2)c(=O)[nH]c1=O. The van der Waals surface area contributed by atoms with Crippen molar-refractivity contribution in [3.63, 3.8) is 0 Å². The summed E-state index contributed by atoms with van der Waals surface area (Å²) in [7, 11) is 0. The third-order valence-corrected chi connectivity index (χ3v) is 4.49. The molecule has 30 heavy (non-hydrogen) atoms. The first-order valence-corrected chi connectivity index (χ1v) is 9.20. The zero-order valence-electron chi connectivity index (χ0n) is 15.7. The minimum atomic E-state index is -0.861. The van der Waals surface area contributed by atoms with E-state index in [-0.39, 0.29) is 34.7 Å². The van der Waals surface area contributed by atoms with Gasteiger partial charge in [-0.25, -0.2) is 14.8 Å². The molecule has 9 nitrogen and oxygen atoms in total. The smallest absolute Gasteiger partial charge is 0.335 e. The first-order valence-electron chi connectivity index (χ1n) is 8.83. The Morgan fingerprint density at radius 3 is 2.43 bits per heavy atom. The minimum absolute atomic E-state index is 0.0130. The zero-order chi connectivity index (χ0) is 21.8. The normalized spacial score (nSPS) is 11.3. The van der Waals surface area contributed by atoms with E-state index in [0.717, 1.165) is 4.57 Å². The first-order chi connectivity index (χ1) is 14.3. The van der Waals surface area contributed by atoms with Gasteiger partial charge in [-0.15, -0.1) is 0 Å². The van der Waals surface area contributed by atoms with Crippen molar-refractivity contribution in [3.05, 3.63) is 85.5 Å². The molecular weight excluding hydrogens is 412 g/mol. The topological polar surface area (TPSA) is 137 Å². The van der Waals surface area contributed by atoms with Crippen LogP contribution < -0.4 is 16.7 Å². The Hall–Kier alpha value is -3.85. The van der Waals surface area contributed by atoms with Crippen LogP contribution in [0, 0.1) is 0 Å². The number of aromatic nitrogens is 2. The van der Waals surface area contributed by atoms with Crippen LogP contribution in [0.2, 0.25) is 5.02 Å². The van der Waals surface area contributed by atoms with Gasteiger partial charge in [0.1, 0.15) is 11.3 Å². The standard InChI is InChI=1S/C20H17ClN4O5/c1-2-14(23-24-17(27)13-5-3-4-6-15(13)26)16-18(28)22-20(30)25(19(16)29)12-9-7-11(21)8-10-12/h3-10,26,29H,2H2,1H3,(H,24,27)(H,22,28,30)/b23-14+. The number of para-hydroxylation sites is 1. The Balaban J connectivity index is 2.05. The van der Waals surface area contributed by atoms with Gasteiger partial charge in [-0.05, 0) is 42.8 Å². The third-order valence-electron chi connectivity index (χ3n) is 4.24. The summed E-state index contributed by atoms with van der Waals surface area (Å²) in [6, 6.07) is 11.9. The number of halogens is 1. The molecule has 3 rings (SSSR count). The van der Waals surface area contributed by atoms with Crippen molar-refractivity contribution < 1.29 is 15.0 Å². The van der Waals surface area contributed by atoms with E-state index < -0.39 is 23.0 Å². The summed E-state index contributed by atoms with van der Waals surface area (Å²) in [5.41, 5.74) is 0.547. The number of nitrogens with zero attached hydrogens (tertiary/aromatic N) is 2.